The van der Waals surface area contributed by atoms with Gasteiger partial charge in [-0.2, -0.15) is 13.2 Å². The molecule has 5 nitrogen and oxygen atoms in total. The zero-order valence-corrected chi connectivity index (χ0v) is 12.9. The summed E-state index contributed by atoms with van der Waals surface area (Å²) in [4.78, 5) is 15.6. The Bertz CT molecular complexity index is 501. The van der Waals surface area contributed by atoms with E-state index >= 15 is 0 Å². The van der Waals surface area contributed by atoms with E-state index in [1.807, 2.05) is 0 Å². The van der Waals surface area contributed by atoms with Gasteiger partial charge in [-0.25, -0.2) is 4.98 Å². The van der Waals surface area contributed by atoms with Gasteiger partial charge < -0.3 is 15.4 Å². The van der Waals surface area contributed by atoms with Crippen LogP contribution in [0, 0.1) is 0 Å². The van der Waals surface area contributed by atoms with Crippen LogP contribution in [0.4, 0.5) is 13.2 Å². The topological polar surface area (TPSA) is 63.2 Å². The lowest BCUT2D eigenvalue weighted by Crippen LogP contribution is -2.44. The Morgan fingerprint density at radius 1 is 1.64 bits per heavy atom. The van der Waals surface area contributed by atoms with Crippen molar-refractivity contribution >= 4 is 17.2 Å². The van der Waals surface area contributed by atoms with Crippen molar-refractivity contribution in [2.75, 3.05) is 19.8 Å². The summed E-state index contributed by atoms with van der Waals surface area (Å²) in [5, 5.41) is 7.15. The molecule has 1 aliphatic heterocycles. The highest BCUT2D eigenvalue weighted by Crippen LogP contribution is 2.32. The lowest BCUT2D eigenvalue weighted by molar-refractivity contribution is -0.140. The molecule has 0 aliphatic carbocycles. The van der Waals surface area contributed by atoms with Gasteiger partial charge in [0, 0.05) is 24.4 Å². The normalized spacial score (nSPS) is 20.6. The summed E-state index contributed by atoms with van der Waals surface area (Å²) in [7, 11) is 0. The van der Waals surface area contributed by atoms with Crippen LogP contribution >= 0.6 is 11.3 Å². The molecule has 0 aromatic carbocycles. The number of carbonyl (C=O) groups is 1. The SMILES string of the molecule is CCC(NC(=O)CC1COCCN1)c1nc(C(F)(F)F)cs1. The fourth-order valence-electron chi connectivity index (χ4n) is 2.14. The summed E-state index contributed by atoms with van der Waals surface area (Å²) in [6.07, 6.45) is -3.75. The number of ether oxygens (including phenoxy) is 1. The van der Waals surface area contributed by atoms with E-state index < -0.39 is 17.9 Å². The third kappa shape index (κ3) is 4.65. The van der Waals surface area contributed by atoms with Gasteiger partial charge in [-0.05, 0) is 6.42 Å². The minimum absolute atomic E-state index is 0.0618. The lowest BCUT2D eigenvalue weighted by atomic mass is 10.1. The molecule has 2 heterocycles. The Kier molecular flexibility index (Phi) is 5.76. The van der Waals surface area contributed by atoms with Crippen LogP contribution in [0.25, 0.3) is 0 Å². The second-order valence-electron chi connectivity index (χ2n) is 5.03. The largest absolute Gasteiger partial charge is 0.434 e. The summed E-state index contributed by atoms with van der Waals surface area (Å²) in [6.45, 7) is 3.56. The highest BCUT2D eigenvalue weighted by Gasteiger charge is 2.34. The average molecular weight is 337 g/mol. The maximum Gasteiger partial charge on any atom is 0.434 e. The molecule has 124 valence electrons. The van der Waals surface area contributed by atoms with Gasteiger partial charge in [0.15, 0.2) is 5.69 Å². The Morgan fingerprint density at radius 3 is 2.95 bits per heavy atom. The number of carbonyl (C=O) groups excluding carboxylic acids is 1. The molecule has 2 atom stereocenters. The van der Waals surface area contributed by atoms with Gasteiger partial charge in [-0.3, -0.25) is 4.79 Å². The first kappa shape index (κ1) is 17.2. The van der Waals surface area contributed by atoms with Crippen molar-refractivity contribution in [1.29, 1.82) is 0 Å². The van der Waals surface area contributed by atoms with Gasteiger partial charge in [0.2, 0.25) is 5.91 Å². The van der Waals surface area contributed by atoms with Crippen molar-refractivity contribution in [2.45, 2.75) is 38.0 Å². The number of thiazole rings is 1. The minimum Gasteiger partial charge on any atom is -0.378 e. The molecule has 2 N–H and O–H groups in total. The zero-order valence-electron chi connectivity index (χ0n) is 12.1. The second kappa shape index (κ2) is 7.38. The summed E-state index contributed by atoms with van der Waals surface area (Å²) in [6, 6.07) is -0.564. The number of alkyl halides is 3. The summed E-state index contributed by atoms with van der Waals surface area (Å²) in [5.41, 5.74) is -0.914. The summed E-state index contributed by atoms with van der Waals surface area (Å²) < 4.78 is 43.0. The first-order valence-electron chi connectivity index (χ1n) is 7.03. The van der Waals surface area contributed by atoms with Crippen LogP contribution in [0.2, 0.25) is 0 Å². The Balaban J connectivity index is 1.93. The third-order valence-electron chi connectivity index (χ3n) is 3.28. The minimum atomic E-state index is -4.46. The molecule has 1 fully saturated rings. The summed E-state index contributed by atoms with van der Waals surface area (Å²) in [5.74, 6) is -0.224. The molecule has 0 radical (unpaired) electrons. The Labute approximate surface area is 130 Å². The molecule has 2 rings (SSSR count). The molecule has 1 saturated heterocycles. The van der Waals surface area contributed by atoms with Crippen LogP contribution in [-0.2, 0) is 15.7 Å². The van der Waals surface area contributed by atoms with Gasteiger partial charge in [0.05, 0.1) is 19.3 Å². The van der Waals surface area contributed by atoms with Gasteiger partial charge in [0.25, 0.3) is 0 Å². The lowest BCUT2D eigenvalue weighted by Gasteiger charge is -2.24. The van der Waals surface area contributed by atoms with Crippen LogP contribution in [0.15, 0.2) is 5.38 Å². The fourth-order valence-corrected chi connectivity index (χ4v) is 3.10. The van der Waals surface area contributed by atoms with Crippen LogP contribution < -0.4 is 10.6 Å². The molecule has 22 heavy (non-hydrogen) atoms. The maximum atomic E-state index is 12.6. The standard InChI is InChI=1S/C13H18F3N3O2S/c1-2-9(12-19-10(7-22-12)13(14,15)16)18-11(20)5-8-6-21-4-3-17-8/h7-9,17H,2-6H2,1H3,(H,18,20). The van der Waals surface area contributed by atoms with E-state index in [9.17, 15) is 18.0 Å². The number of hydrogen-bond acceptors (Lipinski definition) is 5. The van der Waals surface area contributed by atoms with Crippen LogP contribution in [0.5, 0.6) is 0 Å². The highest BCUT2D eigenvalue weighted by molar-refractivity contribution is 7.09. The summed E-state index contributed by atoms with van der Waals surface area (Å²) >= 11 is 0.911. The van der Waals surface area contributed by atoms with E-state index in [0.29, 0.717) is 26.2 Å². The molecule has 9 heteroatoms. The van der Waals surface area contributed by atoms with E-state index in [1.165, 1.54) is 0 Å². The van der Waals surface area contributed by atoms with E-state index in [0.717, 1.165) is 16.7 Å². The van der Waals surface area contributed by atoms with E-state index in [2.05, 4.69) is 15.6 Å². The van der Waals surface area contributed by atoms with Crippen molar-refractivity contribution in [3.8, 4) is 0 Å². The first-order chi connectivity index (χ1) is 10.4. The van der Waals surface area contributed by atoms with Gasteiger partial charge >= 0.3 is 6.18 Å². The fraction of sp³-hybridized carbons (Fsp3) is 0.692. The quantitative estimate of drug-likeness (QED) is 0.864. The molecule has 2 unspecified atom stereocenters. The zero-order chi connectivity index (χ0) is 16.2. The molecule has 1 aromatic heterocycles. The predicted molar refractivity (Wildman–Crippen MR) is 75.5 cm³/mol. The van der Waals surface area contributed by atoms with Crippen LogP contribution in [0.3, 0.4) is 0 Å². The van der Waals surface area contributed by atoms with Gasteiger partial charge in [0.1, 0.15) is 5.01 Å². The van der Waals surface area contributed by atoms with Crippen molar-refractivity contribution in [3.05, 3.63) is 16.1 Å². The smallest absolute Gasteiger partial charge is 0.378 e. The molecule has 0 saturated carbocycles. The highest BCUT2D eigenvalue weighted by atomic mass is 32.1. The monoisotopic (exact) mass is 337 g/mol. The number of nitrogens with one attached hydrogen (secondary N) is 2. The number of rotatable bonds is 5. The van der Waals surface area contributed by atoms with Crippen LogP contribution in [-0.4, -0.2) is 36.7 Å². The third-order valence-corrected chi connectivity index (χ3v) is 4.24. The number of morpholine rings is 1. The molecule has 0 bridgehead atoms. The predicted octanol–water partition coefficient (Wildman–Crippen LogP) is 2.11. The van der Waals surface area contributed by atoms with Crippen molar-refractivity contribution in [1.82, 2.24) is 15.6 Å². The van der Waals surface area contributed by atoms with Crippen molar-refractivity contribution < 1.29 is 22.7 Å². The molecular formula is C13H18F3N3O2S. The molecule has 1 aliphatic rings. The molecule has 1 aromatic rings. The van der Waals surface area contributed by atoms with E-state index in [-0.39, 0.29) is 23.4 Å². The molecule has 0 spiro atoms. The molecule has 1 amide bonds. The second-order valence-corrected chi connectivity index (χ2v) is 5.92. The first-order valence-corrected chi connectivity index (χ1v) is 7.91. The van der Waals surface area contributed by atoms with Crippen LogP contribution in [0.1, 0.15) is 36.5 Å². The average Bonchev–Trinajstić information content (AvgIpc) is 2.95. The Morgan fingerprint density at radius 2 is 2.41 bits per heavy atom. The number of halogens is 3. The van der Waals surface area contributed by atoms with Crippen molar-refractivity contribution in [3.63, 3.8) is 0 Å². The van der Waals surface area contributed by atoms with Gasteiger partial charge in [-0.1, -0.05) is 6.92 Å². The van der Waals surface area contributed by atoms with E-state index in [4.69, 9.17) is 4.74 Å². The van der Waals surface area contributed by atoms with E-state index in [1.54, 1.807) is 6.92 Å². The number of hydrogen-bond donors (Lipinski definition) is 2. The number of amides is 1. The molecular weight excluding hydrogens is 319 g/mol. The van der Waals surface area contributed by atoms with Gasteiger partial charge in [-0.15, -0.1) is 11.3 Å². The number of aromatic nitrogens is 1. The number of nitrogens with zero attached hydrogens (tertiary/aromatic N) is 1. The maximum absolute atomic E-state index is 12.6. The van der Waals surface area contributed by atoms with Crippen molar-refractivity contribution in [2.24, 2.45) is 0 Å². The Hall–Kier alpha value is -1.19.